The zero-order valence-corrected chi connectivity index (χ0v) is 12.4. The molecule has 0 aliphatic carbocycles. The normalized spacial score (nSPS) is 20.1. The smallest absolute Gasteiger partial charge is 0.307 e. The lowest BCUT2D eigenvalue weighted by atomic mass is 9.98. The molecule has 1 unspecified atom stereocenters. The van der Waals surface area contributed by atoms with Gasteiger partial charge in [0.25, 0.3) is 0 Å². The van der Waals surface area contributed by atoms with Gasteiger partial charge in [0.2, 0.25) is 5.91 Å². The SMILES string of the molecule is CC(C)OCCCNC(=O)CN1CCCC(C(=O)O)C1. The van der Waals surface area contributed by atoms with Crippen LogP contribution in [0, 0.1) is 5.92 Å². The predicted octanol–water partition coefficient (Wildman–Crippen LogP) is 0.714. The fourth-order valence-corrected chi connectivity index (χ4v) is 2.28. The van der Waals surface area contributed by atoms with E-state index in [1.54, 1.807) is 0 Å². The van der Waals surface area contributed by atoms with Crippen molar-refractivity contribution in [2.24, 2.45) is 5.92 Å². The van der Waals surface area contributed by atoms with Crippen molar-refractivity contribution in [2.75, 3.05) is 32.8 Å². The second-order valence-electron chi connectivity index (χ2n) is 5.54. The Kier molecular flexibility index (Phi) is 7.54. The molecule has 0 bridgehead atoms. The number of ether oxygens (including phenoxy) is 1. The minimum absolute atomic E-state index is 0.0411. The molecule has 1 atom stereocenters. The van der Waals surface area contributed by atoms with Gasteiger partial charge in [-0.3, -0.25) is 14.5 Å². The fraction of sp³-hybridized carbons (Fsp3) is 0.857. The predicted molar refractivity (Wildman–Crippen MR) is 75.5 cm³/mol. The number of likely N-dealkylation sites (tertiary alicyclic amines) is 1. The molecule has 0 aromatic heterocycles. The number of carbonyl (C=O) groups is 2. The highest BCUT2D eigenvalue weighted by Gasteiger charge is 2.26. The summed E-state index contributed by atoms with van der Waals surface area (Å²) in [6.45, 7) is 6.76. The monoisotopic (exact) mass is 286 g/mol. The van der Waals surface area contributed by atoms with Crippen molar-refractivity contribution in [1.82, 2.24) is 10.2 Å². The third-order valence-corrected chi connectivity index (χ3v) is 3.32. The standard InChI is InChI=1S/C14H26N2O4/c1-11(2)20-8-4-6-15-13(17)10-16-7-3-5-12(9-16)14(18)19/h11-12H,3-10H2,1-2H3,(H,15,17)(H,18,19). The molecular weight excluding hydrogens is 260 g/mol. The molecule has 1 aliphatic heterocycles. The average molecular weight is 286 g/mol. The van der Waals surface area contributed by atoms with Crippen LogP contribution >= 0.6 is 0 Å². The summed E-state index contributed by atoms with van der Waals surface area (Å²) in [6.07, 6.45) is 2.56. The van der Waals surface area contributed by atoms with Crippen LogP contribution in [0.4, 0.5) is 0 Å². The van der Waals surface area contributed by atoms with Crippen LogP contribution in [-0.4, -0.2) is 60.8 Å². The molecule has 2 N–H and O–H groups in total. The molecule has 1 aliphatic rings. The Hall–Kier alpha value is -1.14. The van der Waals surface area contributed by atoms with Crippen LogP contribution in [0.5, 0.6) is 0 Å². The van der Waals surface area contributed by atoms with Crippen molar-refractivity contribution in [2.45, 2.75) is 39.2 Å². The van der Waals surface area contributed by atoms with E-state index in [4.69, 9.17) is 9.84 Å². The number of aliphatic carboxylic acids is 1. The lowest BCUT2D eigenvalue weighted by Gasteiger charge is -2.29. The van der Waals surface area contributed by atoms with Gasteiger partial charge in [-0.2, -0.15) is 0 Å². The van der Waals surface area contributed by atoms with Crippen molar-refractivity contribution in [1.29, 1.82) is 0 Å². The molecule has 1 fully saturated rings. The summed E-state index contributed by atoms with van der Waals surface area (Å²) >= 11 is 0. The molecule has 0 saturated carbocycles. The first kappa shape index (κ1) is 16.9. The number of amides is 1. The van der Waals surface area contributed by atoms with E-state index in [1.807, 2.05) is 18.7 Å². The van der Waals surface area contributed by atoms with Crippen LogP contribution in [0.3, 0.4) is 0 Å². The van der Waals surface area contributed by atoms with Crippen molar-refractivity contribution in [3.63, 3.8) is 0 Å². The number of carbonyl (C=O) groups excluding carboxylic acids is 1. The molecule has 116 valence electrons. The van der Waals surface area contributed by atoms with Crippen molar-refractivity contribution < 1.29 is 19.4 Å². The maximum Gasteiger partial charge on any atom is 0.307 e. The van der Waals surface area contributed by atoms with E-state index < -0.39 is 5.97 Å². The van der Waals surface area contributed by atoms with E-state index in [-0.39, 0.29) is 24.5 Å². The van der Waals surface area contributed by atoms with Crippen molar-refractivity contribution in [3.8, 4) is 0 Å². The number of nitrogens with one attached hydrogen (secondary N) is 1. The van der Waals surface area contributed by atoms with E-state index in [0.29, 0.717) is 26.1 Å². The number of rotatable bonds is 8. The fourth-order valence-electron chi connectivity index (χ4n) is 2.28. The molecule has 0 aromatic carbocycles. The highest BCUT2D eigenvalue weighted by Crippen LogP contribution is 2.15. The lowest BCUT2D eigenvalue weighted by molar-refractivity contribution is -0.144. The van der Waals surface area contributed by atoms with Gasteiger partial charge in [0, 0.05) is 19.7 Å². The van der Waals surface area contributed by atoms with Crippen molar-refractivity contribution in [3.05, 3.63) is 0 Å². The third-order valence-electron chi connectivity index (χ3n) is 3.32. The summed E-state index contributed by atoms with van der Waals surface area (Å²) < 4.78 is 5.39. The zero-order valence-electron chi connectivity index (χ0n) is 12.4. The molecule has 0 radical (unpaired) electrons. The number of carboxylic acid groups (broad SMARTS) is 1. The maximum absolute atomic E-state index is 11.7. The molecule has 0 spiro atoms. The van der Waals surface area contributed by atoms with Gasteiger partial charge in [0.05, 0.1) is 18.6 Å². The topological polar surface area (TPSA) is 78.9 Å². The summed E-state index contributed by atoms with van der Waals surface area (Å²) in [5, 5.41) is 11.8. The molecule has 0 aromatic rings. The van der Waals surface area contributed by atoms with E-state index >= 15 is 0 Å². The third kappa shape index (κ3) is 6.86. The lowest BCUT2D eigenvalue weighted by Crippen LogP contribution is -2.44. The molecule has 6 nitrogen and oxygen atoms in total. The summed E-state index contributed by atoms with van der Waals surface area (Å²) in [6, 6.07) is 0. The van der Waals surface area contributed by atoms with E-state index in [9.17, 15) is 9.59 Å². The van der Waals surface area contributed by atoms with Crippen LogP contribution < -0.4 is 5.32 Å². The molecule has 1 heterocycles. The maximum atomic E-state index is 11.7. The van der Waals surface area contributed by atoms with Crippen LogP contribution in [0.1, 0.15) is 33.1 Å². The first-order valence-electron chi connectivity index (χ1n) is 7.32. The Morgan fingerprint density at radius 3 is 2.85 bits per heavy atom. The van der Waals surface area contributed by atoms with Gasteiger partial charge in [-0.25, -0.2) is 0 Å². The number of carboxylic acids is 1. The first-order chi connectivity index (χ1) is 9.49. The summed E-state index contributed by atoms with van der Waals surface area (Å²) in [5.74, 6) is -1.14. The molecule has 1 saturated heterocycles. The Labute approximate surface area is 120 Å². The van der Waals surface area contributed by atoms with Crippen LogP contribution in [-0.2, 0) is 14.3 Å². The Bertz CT molecular complexity index is 320. The highest BCUT2D eigenvalue weighted by molar-refractivity contribution is 5.78. The van der Waals surface area contributed by atoms with Gasteiger partial charge in [0.15, 0.2) is 0 Å². The van der Waals surface area contributed by atoms with Gasteiger partial charge >= 0.3 is 5.97 Å². The number of hydrogen-bond acceptors (Lipinski definition) is 4. The second-order valence-corrected chi connectivity index (χ2v) is 5.54. The van der Waals surface area contributed by atoms with Gasteiger partial charge in [-0.15, -0.1) is 0 Å². The van der Waals surface area contributed by atoms with Crippen LogP contribution in [0.2, 0.25) is 0 Å². The quantitative estimate of drug-likeness (QED) is 0.643. The number of nitrogens with zero attached hydrogens (tertiary/aromatic N) is 1. The Morgan fingerprint density at radius 1 is 1.45 bits per heavy atom. The van der Waals surface area contributed by atoms with Gasteiger partial charge in [-0.1, -0.05) is 0 Å². The second kappa shape index (κ2) is 8.92. The Morgan fingerprint density at radius 2 is 2.20 bits per heavy atom. The summed E-state index contributed by atoms with van der Waals surface area (Å²) in [4.78, 5) is 24.6. The summed E-state index contributed by atoms with van der Waals surface area (Å²) in [5.41, 5.74) is 0. The Balaban J connectivity index is 2.13. The molecule has 1 amide bonds. The largest absolute Gasteiger partial charge is 0.481 e. The minimum atomic E-state index is -0.763. The van der Waals surface area contributed by atoms with Crippen molar-refractivity contribution >= 4 is 11.9 Å². The minimum Gasteiger partial charge on any atom is -0.481 e. The van der Waals surface area contributed by atoms with E-state index in [0.717, 1.165) is 19.4 Å². The van der Waals surface area contributed by atoms with Gasteiger partial charge < -0.3 is 15.2 Å². The molecular formula is C14H26N2O4. The van der Waals surface area contributed by atoms with Gasteiger partial charge in [0.1, 0.15) is 0 Å². The van der Waals surface area contributed by atoms with E-state index in [1.165, 1.54) is 0 Å². The van der Waals surface area contributed by atoms with Gasteiger partial charge in [-0.05, 0) is 39.7 Å². The van der Waals surface area contributed by atoms with E-state index in [2.05, 4.69) is 5.32 Å². The number of piperidine rings is 1. The molecule has 6 heteroatoms. The summed E-state index contributed by atoms with van der Waals surface area (Å²) in [7, 11) is 0. The average Bonchev–Trinajstić information content (AvgIpc) is 2.38. The number of hydrogen-bond donors (Lipinski definition) is 2. The van der Waals surface area contributed by atoms with Crippen LogP contribution in [0.15, 0.2) is 0 Å². The van der Waals surface area contributed by atoms with Crippen LogP contribution in [0.25, 0.3) is 0 Å². The first-order valence-corrected chi connectivity index (χ1v) is 7.32. The molecule has 20 heavy (non-hydrogen) atoms. The molecule has 1 rings (SSSR count). The highest BCUT2D eigenvalue weighted by atomic mass is 16.5. The zero-order chi connectivity index (χ0) is 15.0.